The SMILES string of the molecule is C.CCN1C(=CC=CC=CC=CC2=[N+](CCCCCC(=O)O)c3ccc(S(=O)(=O)[O-])cc3C2(C)CCOCCOCCOCCOC)C(C)(CCOCCOCCOCCOC)c2cc(S(=O)(=O)O)ccc21.CCN1C(=CC=CC=CC=CC2=[N+](CCCCCC(=O)O)c3ccccc3C2(C)CCOCCOCCOCCOC)C(C)(CCOCCOCCOCCOC)c2ccccc21. The molecule has 4 heterocycles. The largest absolute Gasteiger partial charge is 0.744 e. The number of hydrogen-bond donors (Lipinski definition) is 3. The number of carboxylic acids is 2. The van der Waals surface area contributed by atoms with E-state index in [0.29, 0.717) is 242 Å². The number of aliphatic carboxylic acids is 2. The van der Waals surface area contributed by atoms with Gasteiger partial charge >= 0.3 is 11.9 Å². The lowest BCUT2D eigenvalue weighted by molar-refractivity contribution is -0.438. The molecule has 0 aliphatic carbocycles. The van der Waals surface area contributed by atoms with Crippen LogP contribution in [0, 0.1) is 0 Å². The summed E-state index contributed by atoms with van der Waals surface area (Å²) in [5.74, 6) is -1.60. The van der Waals surface area contributed by atoms with Gasteiger partial charge in [-0.3, -0.25) is 14.1 Å². The van der Waals surface area contributed by atoms with E-state index in [4.69, 9.17) is 75.8 Å². The highest BCUT2D eigenvalue weighted by Gasteiger charge is 2.50. The molecule has 4 aliphatic rings. The van der Waals surface area contributed by atoms with Gasteiger partial charge in [-0.05, 0) is 153 Å². The van der Waals surface area contributed by atoms with Gasteiger partial charge < -0.3 is 100 Å². The highest BCUT2D eigenvalue weighted by atomic mass is 32.2. The van der Waals surface area contributed by atoms with Crippen LogP contribution in [0.4, 0.5) is 22.7 Å². The molecule has 0 saturated heterocycles. The molecule has 752 valence electrons. The summed E-state index contributed by atoms with van der Waals surface area (Å²) in [6.45, 7) is 29.1. The van der Waals surface area contributed by atoms with E-state index in [1.807, 2.05) is 63.3 Å². The van der Waals surface area contributed by atoms with Crippen molar-refractivity contribution in [3.05, 3.63) is 204 Å². The number of hydrogen-bond acceptors (Lipinski definition) is 25. The van der Waals surface area contributed by atoms with Gasteiger partial charge in [-0.2, -0.15) is 17.6 Å². The zero-order chi connectivity index (χ0) is 96.8. The first kappa shape index (κ1) is 116. The molecule has 4 aromatic rings. The van der Waals surface area contributed by atoms with Crippen molar-refractivity contribution in [2.24, 2.45) is 0 Å². The number of likely N-dealkylation sites (N-methyl/N-ethyl adjacent to an activating group) is 2. The van der Waals surface area contributed by atoms with Crippen LogP contribution in [0.3, 0.4) is 0 Å². The van der Waals surface area contributed by atoms with Gasteiger partial charge in [0.2, 0.25) is 11.4 Å². The predicted molar refractivity (Wildman–Crippen MR) is 524 cm³/mol. The third-order valence-corrected chi connectivity index (χ3v) is 25.7. The van der Waals surface area contributed by atoms with Crippen molar-refractivity contribution in [3.63, 3.8) is 0 Å². The van der Waals surface area contributed by atoms with E-state index in [9.17, 15) is 45.7 Å². The molecule has 4 aliphatic heterocycles. The van der Waals surface area contributed by atoms with Gasteiger partial charge in [-0.25, -0.2) is 8.42 Å². The van der Waals surface area contributed by atoms with Gasteiger partial charge in [0, 0.05) is 163 Å². The molecule has 4 unspecified atom stereocenters. The Kier molecular flexibility index (Phi) is 54.3. The van der Waals surface area contributed by atoms with Crippen LogP contribution in [0.1, 0.15) is 148 Å². The minimum Gasteiger partial charge on any atom is -0.744 e. The smallest absolute Gasteiger partial charge is 0.303 e. The van der Waals surface area contributed by atoms with E-state index in [1.54, 1.807) is 40.6 Å². The summed E-state index contributed by atoms with van der Waals surface area (Å²) in [6.07, 6.45) is 35.5. The zero-order valence-corrected chi connectivity index (χ0v) is 82.2. The number of methoxy groups -OCH3 is 4. The average Bonchev–Trinajstić information content (AvgIpc) is 1.60. The number of ether oxygens (including phenoxy) is 16. The maximum absolute atomic E-state index is 12.3. The van der Waals surface area contributed by atoms with Crippen molar-refractivity contribution in [1.29, 1.82) is 0 Å². The van der Waals surface area contributed by atoms with Gasteiger partial charge in [-0.1, -0.05) is 105 Å². The Morgan fingerprint density at radius 3 is 1.05 bits per heavy atom. The maximum Gasteiger partial charge on any atom is 0.303 e. The molecule has 0 saturated carbocycles. The van der Waals surface area contributed by atoms with E-state index in [0.717, 1.165) is 67.1 Å². The Bertz CT molecular complexity index is 4760. The minimum atomic E-state index is -4.77. The topological polar surface area (TPSA) is 346 Å². The second-order valence-electron chi connectivity index (χ2n) is 33.3. The van der Waals surface area contributed by atoms with Gasteiger partial charge in [0.15, 0.2) is 11.4 Å². The third kappa shape index (κ3) is 37.2. The summed E-state index contributed by atoms with van der Waals surface area (Å²) in [7, 11) is -2.69. The Hall–Kier alpha value is -8.14. The number of allylic oxidation sites excluding steroid dienone is 16. The molecule has 0 amide bonds. The quantitative estimate of drug-likeness (QED) is 0.0160. The van der Waals surface area contributed by atoms with Gasteiger partial charge in [0.05, 0.1) is 179 Å². The monoisotopic (exact) mass is 1930 g/mol. The minimum absolute atomic E-state index is 0. The van der Waals surface area contributed by atoms with Crippen molar-refractivity contribution in [3.8, 4) is 0 Å². The van der Waals surface area contributed by atoms with Gasteiger partial charge in [-0.15, -0.1) is 0 Å². The Morgan fingerprint density at radius 2 is 0.674 bits per heavy atom. The molecular weight excluding hydrogens is 1770 g/mol. The fourth-order valence-corrected chi connectivity index (χ4v) is 17.9. The van der Waals surface area contributed by atoms with Crippen molar-refractivity contribution in [1.82, 2.24) is 0 Å². The van der Waals surface area contributed by atoms with Crippen molar-refractivity contribution in [2.75, 3.05) is 249 Å². The molecule has 0 aromatic heterocycles. The van der Waals surface area contributed by atoms with Crippen LogP contribution in [0.25, 0.3) is 0 Å². The summed E-state index contributed by atoms with van der Waals surface area (Å²) >= 11 is 0. The number of unbranched alkanes of at least 4 members (excludes halogenated alkanes) is 4. The van der Waals surface area contributed by atoms with Crippen molar-refractivity contribution in [2.45, 2.75) is 157 Å². The highest BCUT2D eigenvalue weighted by molar-refractivity contribution is 7.86. The molecule has 135 heavy (non-hydrogen) atoms. The molecular formula is C103H153N4O26S2+. The fraction of sp³-hybridized carbons (Fsp3) is 0.573. The first-order valence-corrected chi connectivity index (χ1v) is 49.7. The summed E-state index contributed by atoms with van der Waals surface area (Å²) in [5.41, 5.74) is 10.4. The molecule has 0 spiro atoms. The third-order valence-electron chi connectivity index (χ3n) is 24.1. The Morgan fingerprint density at radius 1 is 0.363 bits per heavy atom. The van der Waals surface area contributed by atoms with Crippen molar-refractivity contribution >= 4 is 66.3 Å². The number of benzene rings is 4. The van der Waals surface area contributed by atoms with Crippen LogP contribution >= 0.6 is 0 Å². The van der Waals surface area contributed by atoms with Gasteiger partial charge in [0.25, 0.3) is 10.1 Å². The molecule has 0 bridgehead atoms. The lowest BCUT2D eigenvalue weighted by Crippen LogP contribution is -2.33. The lowest BCUT2D eigenvalue weighted by Gasteiger charge is -2.30. The average molecular weight is 1930 g/mol. The van der Waals surface area contributed by atoms with E-state index in [2.05, 4.69) is 131 Å². The summed E-state index contributed by atoms with van der Waals surface area (Å²) in [5, 5.41) is 18.4. The molecule has 4 aromatic carbocycles. The van der Waals surface area contributed by atoms with Crippen molar-refractivity contribution < 1.29 is 131 Å². The Labute approximate surface area is 803 Å². The van der Waals surface area contributed by atoms with E-state index >= 15 is 0 Å². The number of anilines is 2. The van der Waals surface area contributed by atoms with E-state index in [-0.39, 0.29) is 40.9 Å². The predicted octanol–water partition coefficient (Wildman–Crippen LogP) is 15.2. The highest BCUT2D eigenvalue weighted by Crippen LogP contribution is 2.52. The first-order chi connectivity index (χ1) is 64.8. The maximum atomic E-state index is 12.3. The zero-order valence-electron chi connectivity index (χ0n) is 80.6. The van der Waals surface area contributed by atoms with Gasteiger partial charge in [0.1, 0.15) is 23.2 Å². The summed E-state index contributed by atoms with van der Waals surface area (Å²) in [6, 6.07) is 26.4. The second-order valence-corrected chi connectivity index (χ2v) is 36.1. The second kappa shape index (κ2) is 63.4. The lowest BCUT2D eigenvalue weighted by atomic mass is 9.76. The molecule has 0 radical (unpaired) electrons. The number of rotatable bonds is 72. The summed E-state index contributed by atoms with van der Waals surface area (Å²) < 4.78 is 165. The van der Waals surface area contributed by atoms with Crippen LogP contribution < -0.4 is 9.80 Å². The normalized spacial score (nSPS) is 18.9. The van der Waals surface area contributed by atoms with Crippen LogP contribution in [-0.4, -0.2) is 308 Å². The molecule has 4 atom stereocenters. The van der Waals surface area contributed by atoms with Crippen LogP contribution in [0.15, 0.2) is 191 Å². The first-order valence-electron chi connectivity index (χ1n) is 46.9. The molecule has 8 rings (SSSR count). The Balaban J connectivity index is 0.000000415. The van der Waals surface area contributed by atoms with Crippen LogP contribution in [0.5, 0.6) is 0 Å². The fourth-order valence-electron chi connectivity index (χ4n) is 16.9. The standard InChI is InChI=1S/C51H74N2O16S2.C51H74N2O10.CH4/c1-6-52-45-20-18-41(70(56,57)58)39-43(45)50(2,22-25-64-31-33-68-37-35-66-29-27-62-4)47(52)15-11-8-7-9-12-16-48-51(3,23-26-65-32-34-69-38-36-67-30-28-63-5)44-40-42(71(59,60)61)19-21-46(44)53(48)24-14-10-13-17-49(54)55;1-6-52-45-21-16-14-19-43(45)50(2,26-29-58-35-37-62-41-39-60-33-31-56-4)47(52)23-11-8-7-9-12-24-48-51(3,27-30-59-36-38-63-42-40-61-34-32-57-5)44-20-15-17-22-46(44)53(48)28-18-10-13-25-49(54)55;/h7-9,11-12,15-16,18-21,39-40H,6,10,13-14,17,22-38H2,1-5H3,(H2-,54,55,56,57,58,59,60,61);7-9,11-12,14-17,19-24H,6,10,13,18,25-42H2,1-5H3;1H4/p+1. The van der Waals surface area contributed by atoms with Crippen LogP contribution in [-0.2, 0) is 127 Å². The molecule has 3 N–H and O–H groups in total. The van der Waals surface area contributed by atoms with E-state index < -0.39 is 43.0 Å². The number of carbonyl (C=O) groups is 2. The summed E-state index contributed by atoms with van der Waals surface area (Å²) in [4.78, 5) is 26.4. The number of carboxylic acid groups (broad SMARTS) is 2. The number of nitrogens with zero attached hydrogens (tertiary/aromatic N) is 4. The molecule has 32 heteroatoms. The number of fused-ring (bicyclic) bond motifs is 4. The molecule has 0 fully saturated rings. The number of para-hydroxylation sites is 2. The van der Waals surface area contributed by atoms with Crippen LogP contribution in [0.2, 0.25) is 0 Å². The van der Waals surface area contributed by atoms with E-state index in [1.165, 1.54) is 58.2 Å². The molecule has 30 nitrogen and oxygen atoms in total.